The smallest absolute Gasteiger partial charge is 0.293 e. The summed E-state index contributed by atoms with van der Waals surface area (Å²) in [6.45, 7) is 1.55. The summed E-state index contributed by atoms with van der Waals surface area (Å²) in [5.41, 5.74) is 7.61. The number of rotatable bonds is 7. The van der Waals surface area contributed by atoms with E-state index >= 15 is 0 Å². The first-order valence-corrected chi connectivity index (χ1v) is 11.9. The number of nitrogens with two attached hydrogens (primary N) is 2. The Morgan fingerprint density at radius 3 is 2.57 bits per heavy atom. The topological polar surface area (TPSA) is 144 Å². The van der Waals surface area contributed by atoms with Crippen molar-refractivity contribution in [2.45, 2.75) is 50.1 Å². The lowest BCUT2D eigenvalue weighted by Gasteiger charge is -2.47. The molecule has 5 rings (SSSR count). The van der Waals surface area contributed by atoms with E-state index in [2.05, 4.69) is 16.1 Å². The second-order valence-electron chi connectivity index (χ2n) is 9.86. The summed E-state index contributed by atoms with van der Waals surface area (Å²) in [5, 5.41) is 4.88. The molecule has 3 aliphatic rings. The van der Waals surface area contributed by atoms with Crippen LogP contribution in [-0.2, 0) is 11.2 Å². The molecule has 196 valence electrons. The van der Waals surface area contributed by atoms with E-state index in [0.717, 1.165) is 18.7 Å². The molecule has 37 heavy (non-hydrogen) atoms. The highest BCUT2D eigenvalue weighted by Crippen LogP contribution is 2.54. The number of nitrogens with zero attached hydrogens (tertiary/aromatic N) is 1. The number of carbonyl (C=O) groups is 3. The number of anilines is 1. The first-order valence-electron chi connectivity index (χ1n) is 11.5. The lowest BCUT2D eigenvalue weighted by atomic mass is 9.71. The normalized spacial score (nSPS) is 22.4. The molecule has 13 heteroatoms. The van der Waals surface area contributed by atoms with Gasteiger partial charge >= 0.3 is 0 Å². The number of aromatic nitrogens is 1. The van der Waals surface area contributed by atoms with Gasteiger partial charge < -0.3 is 26.4 Å². The van der Waals surface area contributed by atoms with Crippen LogP contribution >= 0.6 is 11.6 Å². The number of hydrogen-bond acceptors (Lipinski definition) is 6. The molecular weight excluding hydrogens is 513 g/mol. The SMILES string of the molecule is Cc1c(C(=O)C(=O)NC2(/C(N)=C/NN)CC(F)(F)C2)c2n(c1C(=O)Nc1ccc(F)c(Cl)c1)C1CC1C2. The number of carbonyl (C=O) groups excluding carboxylic acids is 3. The molecule has 0 spiro atoms. The van der Waals surface area contributed by atoms with Gasteiger partial charge in [0.1, 0.15) is 11.5 Å². The summed E-state index contributed by atoms with van der Waals surface area (Å²) in [6, 6.07) is 3.74. The number of Topliss-reactive ketones (excluding diaryl/α,β-unsaturated/α-hetero) is 1. The standard InChI is InChI=1S/C24H24ClF3N6O3/c1-10-18(20(35)22(37)33-23(17(29)7-31-30)8-24(27,28)9-23)16-5-11-4-15(11)34(16)19(10)21(36)32-12-2-3-14(26)13(25)6-12/h2-3,6-7,11,15,31H,4-5,8-9,29-30H2,1H3,(H,32,36)(H,33,37)/b17-7-. The van der Waals surface area contributed by atoms with Gasteiger partial charge in [0.2, 0.25) is 0 Å². The van der Waals surface area contributed by atoms with Gasteiger partial charge in [-0.15, -0.1) is 0 Å². The quantitative estimate of drug-likeness (QED) is 0.159. The molecule has 9 nitrogen and oxygen atoms in total. The molecular formula is C24H24ClF3N6O3. The molecule has 1 aromatic carbocycles. The second-order valence-corrected chi connectivity index (χ2v) is 10.3. The molecule has 0 bridgehead atoms. The second kappa shape index (κ2) is 8.52. The van der Waals surface area contributed by atoms with Gasteiger partial charge in [-0.3, -0.25) is 20.2 Å². The van der Waals surface area contributed by atoms with E-state index < -0.39 is 47.7 Å². The first kappa shape index (κ1) is 25.2. The number of nitrogens with one attached hydrogen (secondary N) is 3. The van der Waals surface area contributed by atoms with E-state index in [0.29, 0.717) is 12.1 Å². The molecule has 0 radical (unpaired) electrons. The largest absolute Gasteiger partial charge is 0.399 e. The van der Waals surface area contributed by atoms with E-state index in [1.165, 1.54) is 12.1 Å². The number of hydrogen-bond donors (Lipinski definition) is 5. The molecule has 2 heterocycles. The number of hydrazine groups is 1. The third-order valence-electron chi connectivity index (χ3n) is 7.31. The number of benzene rings is 1. The zero-order valence-corrected chi connectivity index (χ0v) is 20.4. The minimum Gasteiger partial charge on any atom is -0.399 e. The van der Waals surface area contributed by atoms with Crippen LogP contribution in [-0.4, -0.2) is 33.6 Å². The summed E-state index contributed by atoms with van der Waals surface area (Å²) in [4.78, 5) is 39.7. The number of fused-ring (bicyclic) bond motifs is 3. The Kier molecular flexibility index (Phi) is 5.79. The Bertz CT molecular complexity index is 1380. The lowest BCUT2D eigenvalue weighted by molar-refractivity contribution is -0.137. The molecule has 1 aromatic heterocycles. The Labute approximate surface area is 214 Å². The van der Waals surface area contributed by atoms with Crippen molar-refractivity contribution in [2.75, 3.05) is 5.32 Å². The van der Waals surface area contributed by atoms with Crippen LogP contribution in [0.2, 0.25) is 5.02 Å². The van der Waals surface area contributed by atoms with Crippen LogP contribution in [0.25, 0.3) is 0 Å². The van der Waals surface area contributed by atoms with Crippen molar-refractivity contribution in [3.8, 4) is 0 Å². The summed E-state index contributed by atoms with van der Waals surface area (Å²) >= 11 is 5.82. The summed E-state index contributed by atoms with van der Waals surface area (Å²) in [6.07, 6.45) is 0.841. The molecule has 2 aliphatic carbocycles. The fourth-order valence-corrected chi connectivity index (χ4v) is 5.69. The highest BCUT2D eigenvalue weighted by molar-refractivity contribution is 6.44. The molecule has 2 aromatic rings. The van der Waals surface area contributed by atoms with Gasteiger partial charge in [0.05, 0.1) is 21.8 Å². The Hall–Kier alpha value is -3.51. The average molecular weight is 537 g/mol. The van der Waals surface area contributed by atoms with E-state index in [1.807, 2.05) is 0 Å². The molecule has 2 saturated carbocycles. The zero-order chi connectivity index (χ0) is 26.9. The Balaban J connectivity index is 1.45. The number of amides is 2. The van der Waals surface area contributed by atoms with Crippen LogP contribution in [0.1, 0.15) is 57.4 Å². The van der Waals surface area contributed by atoms with Gasteiger partial charge in [0, 0.05) is 36.5 Å². The molecule has 0 saturated heterocycles. The molecule has 2 amide bonds. The van der Waals surface area contributed by atoms with E-state index in [1.54, 1.807) is 11.5 Å². The number of alkyl halides is 2. The zero-order valence-electron chi connectivity index (χ0n) is 19.6. The fourth-order valence-electron chi connectivity index (χ4n) is 5.51. The maximum atomic E-state index is 13.8. The van der Waals surface area contributed by atoms with E-state index in [9.17, 15) is 27.6 Å². The molecule has 7 N–H and O–H groups in total. The van der Waals surface area contributed by atoms with Gasteiger partial charge in [-0.25, -0.2) is 13.2 Å². The third-order valence-corrected chi connectivity index (χ3v) is 7.60. The van der Waals surface area contributed by atoms with Crippen molar-refractivity contribution in [3.05, 3.63) is 63.5 Å². The van der Waals surface area contributed by atoms with Crippen molar-refractivity contribution >= 4 is 34.9 Å². The summed E-state index contributed by atoms with van der Waals surface area (Å²) in [5.74, 6) is -0.863. The monoisotopic (exact) mass is 536 g/mol. The van der Waals surface area contributed by atoms with Crippen LogP contribution in [0.3, 0.4) is 0 Å². The Morgan fingerprint density at radius 1 is 1.24 bits per heavy atom. The van der Waals surface area contributed by atoms with Crippen LogP contribution in [0.15, 0.2) is 30.1 Å². The highest BCUT2D eigenvalue weighted by atomic mass is 35.5. The maximum Gasteiger partial charge on any atom is 0.293 e. The van der Waals surface area contributed by atoms with Crippen molar-refractivity contribution in [1.82, 2.24) is 15.3 Å². The van der Waals surface area contributed by atoms with Gasteiger partial charge in [0.25, 0.3) is 23.5 Å². The molecule has 2 unspecified atom stereocenters. The first-order chi connectivity index (χ1) is 17.4. The minimum absolute atomic E-state index is 0.0155. The minimum atomic E-state index is -3.06. The lowest BCUT2D eigenvalue weighted by Crippen LogP contribution is -2.65. The van der Waals surface area contributed by atoms with Crippen LogP contribution in [0.4, 0.5) is 18.9 Å². The van der Waals surface area contributed by atoms with Crippen molar-refractivity contribution < 1.29 is 27.6 Å². The predicted molar refractivity (Wildman–Crippen MR) is 128 cm³/mol. The van der Waals surface area contributed by atoms with Crippen molar-refractivity contribution in [3.63, 3.8) is 0 Å². The predicted octanol–water partition coefficient (Wildman–Crippen LogP) is 2.69. The van der Waals surface area contributed by atoms with Crippen LogP contribution in [0, 0.1) is 18.7 Å². The maximum absolute atomic E-state index is 13.8. The average Bonchev–Trinajstić information content (AvgIpc) is 3.38. The van der Waals surface area contributed by atoms with Crippen molar-refractivity contribution in [2.24, 2.45) is 17.5 Å². The van der Waals surface area contributed by atoms with Crippen LogP contribution < -0.4 is 27.6 Å². The van der Waals surface area contributed by atoms with Gasteiger partial charge in [-0.05, 0) is 49.4 Å². The summed E-state index contributed by atoms with van der Waals surface area (Å²) < 4.78 is 42.8. The highest BCUT2D eigenvalue weighted by Gasteiger charge is 2.59. The van der Waals surface area contributed by atoms with Gasteiger partial charge in [-0.1, -0.05) is 11.6 Å². The molecule has 1 aliphatic heterocycles. The molecule has 2 atom stereocenters. The van der Waals surface area contributed by atoms with E-state index in [-0.39, 0.29) is 45.2 Å². The number of ketones is 1. The van der Waals surface area contributed by atoms with E-state index in [4.69, 9.17) is 23.2 Å². The van der Waals surface area contributed by atoms with Crippen LogP contribution in [0.5, 0.6) is 0 Å². The number of halogens is 4. The van der Waals surface area contributed by atoms with Gasteiger partial charge in [-0.2, -0.15) is 0 Å². The fraction of sp³-hybridized carbons (Fsp3) is 0.375. The summed E-state index contributed by atoms with van der Waals surface area (Å²) in [7, 11) is 0. The Morgan fingerprint density at radius 2 is 1.95 bits per heavy atom. The van der Waals surface area contributed by atoms with Crippen molar-refractivity contribution in [1.29, 1.82) is 0 Å². The van der Waals surface area contributed by atoms with Gasteiger partial charge in [0.15, 0.2) is 0 Å². The molecule has 2 fully saturated rings. The third kappa shape index (κ3) is 4.13.